The van der Waals surface area contributed by atoms with Gasteiger partial charge in [0.25, 0.3) is 16.0 Å². The van der Waals surface area contributed by atoms with Gasteiger partial charge >= 0.3 is 0 Å². The summed E-state index contributed by atoms with van der Waals surface area (Å²) in [6, 6.07) is 4.70. The molecule has 3 amide bonds. The van der Waals surface area contributed by atoms with Crippen LogP contribution >= 0.6 is 0 Å². The molecule has 29 heavy (non-hydrogen) atoms. The number of fused-ring (bicyclic) bond motifs is 1. The number of nitrogens with zero attached hydrogens (tertiary/aromatic N) is 1. The van der Waals surface area contributed by atoms with E-state index in [1.807, 2.05) is 6.07 Å². The van der Waals surface area contributed by atoms with Crippen LogP contribution in [0.25, 0.3) is 0 Å². The quantitative estimate of drug-likeness (QED) is 0.319. The summed E-state index contributed by atoms with van der Waals surface area (Å²) in [4.78, 5) is 37.5. The maximum Gasteiger partial charge on any atom is 0.264 e. The van der Waals surface area contributed by atoms with Crippen LogP contribution in [0.4, 0.5) is 0 Å². The highest BCUT2D eigenvalue weighted by atomic mass is 32.2. The molecule has 2 aliphatic rings. The van der Waals surface area contributed by atoms with E-state index in [1.54, 1.807) is 12.1 Å². The number of amides is 3. The fourth-order valence-electron chi connectivity index (χ4n) is 3.34. The lowest BCUT2D eigenvalue weighted by atomic mass is 10.0. The number of unbranched alkanes of at least 4 members (excludes halogenated alkanes) is 2. The van der Waals surface area contributed by atoms with E-state index in [2.05, 4.69) is 21.3 Å². The fourth-order valence-corrected chi connectivity index (χ4v) is 3.76. The smallest absolute Gasteiger partial charge is 0.264 e. The van der Waals surface area contributed by atoms with Gasteiger partial charge in [-0.1, -0.05) is 11.8 Å². The van der Waals surface area contributed by atoms with Crippen molar-refractivity contribution in [3.05, 3.63) is 34.9 Å². The summed E-state index contributed by atoms with van der Waals surface area (Å²) in [7, 11) is -3.40. The second kappa shape index (κ2) is 8.76. The molecular formula is C20H22N2O6S. The molecule has 3 rings (SSSR count). The van der Waals surface area contributed by atoms with Crippen molar-refractivity contribution in [2.45, 2.75) is 44.7 Å². The van der Waals surface area contributed by atoms with E-state index >= 15 is 0 Å². The molecule has 9 heteroatoms. The molecule has 1 N–H and O–H groups in total. The van der Waals surface area contributed by atoms with Crippen LogP contribution in [0.2, 0.25) is 0 Å². The maximum absolute atomic E-state index is 12.6. The number of rotatable bonds is 6. The Labute approximate surface area is 169 Å². The van der Waals surface area contributed by atoms with Gasteiger partial charge in [-0.2, -0.15) is 8.42 Å². The second-order valence-electron chi connectivity index (χ2n) is 7.06. The number of imide groups is 1. The molecule has 1 aromatic rings. The number of hydrogen-bond donors (Lipinski definition) is 1. The van der Waals surface area contributed by atoms with Crippen LogP contribution in [0.5, 0.6) is 0 Å². The predicted molar refractivity (Wildman–Crippen MR) is 104 cm³/mol. The Bertz CT molecular complexity index is 1010. The summed E-state index contributed by atoms with van der Waals surface area (Å²) >= 11 is 0. The third kappa shape index (κ3) is 5.43. The highest BCUT2D eigenvalue weighted by Gasteiger charge is 2.38. The van der Waals surface area contributed by atoms with E-state index in [-0.39, 0.29) is 24.8 Å². The van der Waals surface area contributed by atoms with Gasteiger partial charge in [-0.3, -0.25) is 23.9 Å². The van der Waals surface area contributed by atoms with Gasteiger partial charge in [-0.25, -0.2) is 0 Å². The molecule has 2 heterocycles. The van der Waals surface area contributed by atoms with Gasteiger partial charge in [0, 0.05) is 30.5 Å². The minimum atomic E-state index is -3.40. The summed E-state index contributed by atoms with van der Waals surface area (Å²) in [5, 5.41) is 2.29. The molecule has 1 saturated heterocycles. The normalized spacial score (nSPS) is 18.9. The van der Waals surface area contributed by atoms with E-state index in [4.69, 9.17) is 0 Å². The van der Waals surface area contributed by atoms with Crippen LogP contribution in [0.1, 0.15) is 53.6 Å². The molecular weight excluding hydrogens is 396 g/mol. The SMILES string of the molecule is CS(=O)(=O)OCCCCC#Cc1ccc2c(c1)CN(C1CCC(=O)NC1=O)C2=O. The van der Waals surface area contributed by atoms with Crippen molar-refractivity contribution in [1.82, 2.24) is 10.2 Å². The first-order valence-corrected chi connectivity index (χ1v) is 11.2. The van der Waals surface area contributed by atoms with Crippen LogP contribution in [0, 0.1) is 11.8 Å². The van der Waals surface area contributed by atoms with Crippen molar-refractivity contribution < 1.29 is 27.0 Å². The Hall–Kier alpha value is -2.70. The number of hydrogen-bond acceptors (Lipinski definition) is 6. The molecule has 0 radical (unpaired) electrons. The first kappa shape index (κ1) is 21.0. The third-order valence-corrected chi connectivity index (χ3v) is 5.34. The van der Waals surface area contributed by atoms with Crippen LogP contribution in [-0.2, 0) is 30.4 Å². The average molecular weight is 418 g/mol. The fraction of sp³-hybridized carbons (Fsp3) is 0.450. The molecule has 0 aromatic heterocycles. The first-order valence-electron chi connectivity index (χ1n) is 9.35. The Morgan fingerprint density at radius 3 is 2.76 bits per heavy atom. The standard InChI is InChI=1S/C20H22N2O6S/c1-29(26,27)28-11-5-3-2-4-6-14-7-8-16-15(12-14)13-22(20(16)25)17-9-10-18(23)21-19(17)24/h7-8,12,17H,2-3,5,9-11,13H2,1H3,(H,21,23,24). The molecule has 0 bridgehead atoms. The van der Waals surface area contributed by atoms with Crippen molar-refractivity contribution in [3.63, 3.8) is 0 Å². The maximum atomic E-state index is 12.6. The molecule has 8 nitrogen and oxygen atoms in total. The van der Waals surface area contributed by atoms with Crippen molar-refractivity contribution >= 4 is 27.8 Å². The van der Waals surface area contributed by atoms with Crippen molar-refractivity contribution in [2.24, 2.45) is 0 Å². The van der Waals surface area contributed by atoms with Crippen LogP contribution in [-0.4, -0.2) is 49.9 Å². The summed E-state index contributed by atoms with van der Waals surface area (Å²) in [5.74, 6) is 5.13. The third-order valence-electron chi connectivity index (χ3n) is 4.75. The monoisotopic (exact) mass is 418 g/mol. The molecule has 0 aliphatic carbocycles. The molecule has 1 fully saturated rings. The van der Waals surface area contributed by atoms with Gasteiger partial charge in [0.1, 0.15) is 6.04 Å². The Morgan fingerprint density at radius 2 is 2.03 bits per heavy atom. The van der Waals surface area contributed by atoms with Crippen molar-refractivity contribution in [2.75, 3.05) is 12.9 Å². The summed E-state index contributed by atoms with van der Waals surface area (Å²) in [6.07, 6.45) is 3.50. The highest BCUT2D eigenvalue weighted by molar-refractivity contribution is 7.85. The molecule has 1 unspecified atom stereocenters. The highest BCUT2D eigenvalue weighted by Crippen LogP contribution is 2.28. The molecule has 0 saturated carbocycles. The summed E-state index contributed by atoms with van der Waals surface area (Å²) in [6.45, 7) is 0.469. The van der Waals surface area contributed by atoms with Crippen LogP contribution in [0.15, 0.2) is 18.2 Å². The Morgan fingerprint density at radius 1 is 1.24 bits per heavy atom. The van der Waals surface area contributed by atoms with E-state index in [1.165, 1.54) is 4.90 Å². The number of carbonyl (C=O) groups excluding carboxylic acids is 3. The number of benzene rings is 1. The zero-order valence-electron chi connectivity index (χ0n) is 16.1. The Kier molecular flexibility index (Phi) is 6.35. The Balaban J connectivity index is 1.56. The van der Waals surface area contributed by atoms with Crippen LogP contribution in [0.3, 0.4) is 0 Å². The molecule has 1 aromatic carbocycles. The zero-order valence-corrected chi connectivity index (χ0v) is 16.9. The number of nitrogens with one attached hydrogen (secondary N) is 1. The van der Waals surface area contributed by atoms with Gasteiger partial charge in [0.05, 0.1) is 12.9 Å². The van der Waals surface area contributed by atoms with E-state index in [0.29, 0.717) is 31.4 Å². The predicted octanol–water partition coefficient (Wildman–Crippen LogP) is 0.946. The molecule has 154 valence electrons. The van der Waals surface area contributed by atoms with E-state index in [0.717, 1.165) is 23.8 Å². The number of piperidine rings is 1. The minimum absolute atomic E-state index is 0.150. The zero-order chi connectivity index (χ0) is 21.0. The van der Waals surface area contributed by atoms with Gasteiger partial charge in [0.15, 0.2) is 0 Å². The van der Waals surface area contributed by atoms with Gasteiger partial charge in [0.2, 0.25) is 11.8 Å². The van der Waals surface area contributed by atoms with Gasteiger partial charge in [-0.15, -0.1) is 0 Å². The molecule has 1 atom stereocenters. The molecule has 0 spiro atoms. The van der Waals surface area contributed by atoms with E-state index in [9.17, 15) is 22.8 Å². The average Bonchev–Trinajstić information content (AvgIpc) is 2.96. The summed E-state index contributed by atoms with van der Waals surface area (Å²) < 4.78 is 26.4. The van der Waals surface area contributed by atoms with Gasteiger partial charge in [-0.05, 0) is 43.0 Å². The lowest BCUT2D eigenvalue weighted by Gasteiger charge is -2.29. The summed E-state index contributed by atoms with van der Waals surface area (Å²) in [5.41, 5.74) is 2.14. The lowest BCUT2D eigenvalue weighted by molar-refractivity contribution is -0.136. The molecule has 2 aliphatic heterocycles. The van der Waals surface area contributed by atoms with Crippen molar-refractivity contribution in [3.8, 4) is 11.8 Å². The number of carbonyl (C=O) groups is 3. The second-order valence-corrected chi connectivity index (χ2v) is 8.70. The van der Waals surface area contributed by atoms with Gasteiger partial charge < -0.3 is 4.90 Å². The van der Waals surface area contributed by atoms with Crippen LogP contribution < -0.4 is 5.32 Å². The van der Waals surface area contributed by atoms with E-state index < -0.39 is 22.1 Å². The lowest BCUT2D eigenvalue weighted by Crippen LogP contribution is -2.52. The largest absolute Gasteiger partial charge is 0.322 e. The minimum Gasteiger partial charge on any atom is -0.322 e. The van der Waals surface area contributed by atoms with Crippen molar-refractivity contribution in [1.29, 1.82) is 0 Å². The first-order chi connectivity index (χ1) is 13.7. The topological polar surface area (TPSA) is 110 Å².